The zero-order valence-electron chi connectivity index (χ0n) is 11.1. The van der Waals surface area contributed by atoms with Crippen molar-refractivity contribution in [2.45, 2.75) is 45.6 Å². The number of benzene rings is 1. The quantitative estimate of drug-likeness (QED) is 0.743. The molecule has 0 radical (unpaired) electrons. The highest BCUT2D eigenvalue weighted by Gasteiger charge is 2.31. The predicted octanol–water partition coefficient (Wildman–Crippen LogP) is 3.63. The van der Waals surface area contributed by atoms with E-state index in [0.717, 1.165) is 24.2 Å². The van der Waals surface area contributed by atoms with E-state index >= 15 is 0 Å². The second-order valence-corrected chi connectivity index (χ2v) is 5.83. The maximum atomic E-state index is 12.5. The Hall–Kier alpha value is -1.31. The Kier molecular flexibility index (Phi) is 2.89. The van der Waals surface area contributed by atoms with Gasteiger partial charge in [0.05, 0.1) is 0 Å². The zero-order chi connectivity index (χ0) is 12.7. The van der Waals surface area contributed by atoms with Crippen LogP contribution in [-0.4, -0.2) is 11.9 Å². The first-order valence-corrected chi connectivity index (χ1v) is 6.99. The minimum absolute atomic E-state index is 0.239. The highest BCUT2D eigenvalue weighted by Crippen LogP contribution is 2.35. The molecule has 96 valence electrons. The Morgan fingerprint density at radius 3 is 2.83 bits per heavy atom. The molecule has 3 unspecified atom stereocenters. The van der Waals surface area contributed by atoms with Crippen molar-refractivity contribution in [1.82, 2.24) is 0 Å². The topological polar surface area (TPSA) is 26.3 Å². The number of fused-ring (bicyclic) bond motifs is 1. The van der Waals surface area contributed by atoms with Crippen LogP contribution in [0, 0.1) is 11.8 Å². The van der Waals surface area contributed by atoms with E-state index in [-0.39, 0.29) is 12.0 Å². The third kappa shape index (κ3) is 1.94. The van der Waals surface area contributed by atoms with Crippen LogP contribution in [0.2, 0.25) is 0 Å². The van der Waals surface area contributed by atoms with Gasteiger partial charge in [-0.3, -0.25) is 4.79 Å². The van der Waals surface area contributed by atoms with Crippen LogP contribution in [0.3, 0.4) is 0 Å². The van der Waals surface area contributed by atoms with Gasteiger partial charge in [-0.25, -0.2) is 0 Å². The molecule has 0 saturated heterocycles. The summed E-state index contributed by atoms with van der Waals surface area (Å²) in [6.45, 7) is 4.27. The maximum Gasteiger partial charge on any atom is 0.166 e. The molecule has 1 saturated carbocycles. The van der Waals surface area contributed by atoms with E-state index in [9.17, 15) is 4.79 Å². The summed E-state index contributed by atoms with van der Waals surface area (Å²) in [7, 11) is 0. The van der Waals surface area contributed by atoms with Gasteiger partial charge < -0.3 is 4.74 Å². The summed E-state index contributed by atoms with van der Waals surface area (Å²) in [5.74, 6) is 2.07. The minimum Gasteiger partial charge on any atom is -0.490 e. The Balaban J connectivity index is 1.85. The van der Waals surface area contributed by atoms with Crippen LogP contribution in [0.25, 0.3) is 0 Å². The number of hydrogen-bond acceptors (Lipinski definition) is 2. The Labute approximate surface area is 108 Å². The van der Waals surface area contributed by atoms with Crippen LogP contribution < -0.4 is 4.74 Å². The van der Waals surface area contributed by atoms with Crippen molar-refractivity contribution in [3.63, 3.8) is 0 Å². The second kappa shape index (κ2) is 4.42. The highest BCUT2D eigenvalue weighted by molar-refractivity contribution is 5.98. The number of ketones is 1. The third-order valence-electron chi connectivity index (χ3n) is 4.38. The fourth-order valence-corrected chi connectivity index (χ4v) is 3.32. The van der Waals surface area contributed by atoms with Gasteiger partial charge in [-0.2, -0.15) is 0 Å². The average Bonchev–Trinajstić information content (AvgIpc) is 2.91. The van der Waals surface area contributed by atoms with Crippen molar-refractivity contribution in [2.24, 2.45) is 11.8 Å². The summed E-state index contributed by atoms with van der Waals surface area (Å²) in [5.41, 5.74) is 2.07. The van der Waals surface area contributed by atoms with E-state index in [1.807, 2.05) is 18.2 Å². The summed E-state index contributed by atoms with van der Waals surface area (Å²) in [4.78, 5) is 12.5. The monoisotopic (exact) mass is 244 g/mol. The van der Waals surface area contributed by atoms with Crippen molar-refractivity contribution >= 4 is 5.78 Å². The van der Waals surface area contributed by atoms with Crippen molar-refractivity contribution in [3.8, 4) is 5.75 Å². The van der Waals surface area contributed by atoms with Crippen LogP contribution in [-0.2, 0) is 6.42 Å². The van der Waals surface area contributed by atoms with Gasteiger partial charge in [0.1, 0.15) is 11.9 Å². The van der Waals surface area contributed by atoms with Crippen molar-refractivity contribution in [2.75, 3.05) is 0 Å². The van der Waals surface area contributed by atoms with Gasteiger partial charge >= 0.3 is 0 Å². The lowest BCUT2D eigenvalue weighted by Crippen LogP contribution is -2.17. The molecular formula is C16H20O2. The SMILES string of the molecule is CC1Cc2cc(C(=O)C3CCCC3C)ccc2O1. The van der Waals surface area contributed by atoms with E-state index in [2.05, 4.69) is 13.8 Å². The average molecular weight is 244 g/mol. The predicted molar refractivity (Wildman–Crippen MR) is 71.1 cm³/mol. The zero-order valence-corrected chi connectivity index (χ0v) is 11.1. The minimum atomic E-state index is 0.239. The molecule has 3 atom stereocenters. The first-order valence-electron chi connectivity index (χ1n) is 6.99. The maximum absolute atomic E-state index is 12.5. The number of ether oxygens (including phenoxy) is 1. The lowest BCUT2D eigenvalue weighted by molar-refractivity contribution is 0.0897. The molecule has 2 aliphatic rings. The van der Waals surface area contributed by atoms with Gasteiger partial charge in [-0.05, 0) is 49.4 Å². The second-order valence-electron chi connectivity index (χ2n) is 5.83. The van der Waals surface area contributed by atoms with Gasteiger partial charge in [-0.1, -0.05) is 13.3 Å². The van der Waals surface area contributed by atoms with Crippen LogP contribution in [0.5, 0.6) is 5.75 Å². The summed E-state index contributed by atoms with van der Waals surface area (Å²) in [5, 5.41) is 0. The molecule has 1 aliphatic heterocycles. The fourth-order valence-electron chi connectivity index (χ4n) is 3.32. The molecule has 0 spiro atoms. The van der Waals surface area contributed by atoms with E-state index in [1.165, 1.54) is 18.4 Å². The molecule has 0 amide bonds. The first-order chi connectivity index (χ1) is 8.65. The van der Waals surface area contributed by atoms with Crippen molar-refractivity contribution < 1.29 is 9.53 Å². The summed E-state index contributed by atoms with van der Waals surface area (Å²) in [6, 6.07) is 5.95. The summed E-state index contributed by atoms with van der Waals surface area (Å²) >= 11 is 0. The van der Waals surface area contributed by atoms with Gasteiger partial charge in [0.2, 0.25) is 0 Å². The number of carbonyl (C=O) groups is 1. The van der Waals surface area contributed by atoms with Crippen LogP contribution >= 0.6 is 0 Å². The van der Waals surface area contributed by atoms with Crippen LogP contribution in [0.4, 0.5) is 0 Å². The summed E-state index contributed by atoms with van der Waals surface area (Å²) in [6.07, 6.45) is 4.63. The molecule has 1 aliphatic carbocycles. The summed E-state index contributed by atoms with van der Waals surface area (Å²) < 4.78 is 5.68. The van der Waals surface area contributed by atoms with Crippen LogP contribution in [0.15, 0.2) is 18.2 Å². The Morgan fingerprint density at radius 2 is 2.11 bits per heavy atom. The Bertz CT molecular complexity index is 478. The molecule has 0 bridgehead atoms. The van der Waals surface area contributed by atoms with Gasteiger partial charge in [0.25, 0.3) is 0 Å². The van der Waals surface area contributed by atoms with E-state index in [1.54, 1.807) is 0 Å². The molecule has 1 aromatic carbocycles. The molecule has 2 heteroatoms. The molecule has 0 aromatic heterocycles. The van der Waals surface area contributed by atoms with E-state index in [0.29, 0.717) is 11.7 Å². The molecule has 0 N–H and O–H groups in total. The van der Waals surface area contributed by atoms with Gasteiger partial charge in [0, 0.05) is 17.9 Å². The first kappa shape index (κ1) is 11.8. The van der Waals surface area contributed by atoms with E-state index < -0.39 is 0 Å². The number of carbonyl (C=O) groups excluding carboxylic acids is 1. The standard InChI is InChI=1S/C16H20O2/c1-10-4-3-5-14(10)16(17)12-6-7-15-13(9-12)8-11(2)18-15/h6-7,9-11,14H,3-5,8H2,1-2H3. The van der Waals surface area contributed by atoms with Gasteiger partial charge in [-0.15, -0.1) is 0 Å². The number of rotatable bonds is 2. The third-order valence-corrected chi connectivity index (χ3v) is 4.38. The normalized spacial score (nSPS) is 30.0. The Morgan fingerprint density at radius 1 is 1.28 bits per heavy atom. The lowest BCUT2D eigenvalue weighted by atomic mass is 9.89. The molecule has 1 heterocycles. The largest absolute Gasteiger partial charge is 0.490 e. The molecule has 1 fully saturated rings. The molecule has 1 aromatic rings. The number of hydrogen-bond donors (Lipinski definition) is 0. The lowest BCUT2D eigenvalue weighted by Gasteiger charge is -2.14. The van der Waals surface area contributed by atoms with Gasteiger partial charge in [0.15, 0.2) is 5.78 Å². The molecule has 18 heavy (non-hydrogen) atoms. The number of Topliss-reactive ketones (excluding diaryl/α,β-unsaturated/α-hetero) is 1. The van der Waals surface area contributed by atoms with Crippen molar-refractivity contribution in [1.29, 1.82) is 0 Å². The molecule has 2 nitrogen and oxygen atoms in total. The fraction of sp³-hybridized carbons (Fsp3) is 0.562. The van der Waals surface area contributed by atoms with E-state index in [4.69, 9.17) is 4.74 Å². The van der Waals surface area contributed by atoms with Crippen molar-refractivity contribution in [3.05, 3.63) is 29.3 Å². The van der Waals surface area contributed by atoms with Crippen LogP contribution in [0.1, 0.15) is 49.0 Å². The molecule has 3 rings (SSSR count). The highest BCUT2D eigenvalue weighted by atomic mass is 16.5. The molecular weight excluding hydrogens is 224 g/mol. The smallest absolute Gasteiger partial charge is 0.166 e.